The van der Waals surface area contributed by atoms with E-state index in [0.717, 1.165) is 18.6 Å². The van der Waals surface area contributed by atoms with Gasteiger partial charge in [0.05, 0.1) is 23.0 Å². The van der Waals surface area contributed by atoms with Crippen LogP contribution in [-0.4, -0.2) is 29.2 Å². The summed E-state index contributed by atoms with van der Waals surface area (Å²) in [6.07, 6.45) is -3.62. The molecular formula is C13H16F3NO2S. The smallest absolute Gasteiger partial charge is 0.381 e. The van der Waals surface area contributed by atoms with Gasteiger partial charge >= 0.3 is 6.18 Å². The first-order valence-electron chi connectivity index (χ1n) is 6.27. The lowest BCUT2D eigenvalue weighted by Gasteiger charge is -2.17. The molecule has 0 spiro atoms. The maximum Gasteiger partial charge on any atom is 0.416 e. The number of benzene rings is 1. The van der Waals surface area contributed by atoms with Gasteiger partial charge < -0.3 is 10.5 Å². The Kier molecular flexibility index (Phi) is 4.82. The molecule has 1 fully saturated rings. The summed E-state index contributed by atoms with van der Waals surface area (Å²) in [7, 11) is -1.54. The summed E-state index contributed by atoms with van der Waals surface area (Å²) in [6.45, 7) is 1.16. The molecule has 1 saturated heterocycles. The number of halogens is 3. The molecule has 0 saturated carbocycles. The highest BCUT2D eigenvalue weighted by Gasteiger charge is 2.31. The highest BCUT2D eigenvalue weighted by atomic mass is 32.2. The Hall–Kier alpha value is -0.920. The number of rotatable bonds is 4. The van der Waals surface area contributed by atoms with Crippen molar-refractivity contribution in [2.75, 3.05) is 19.0 Å². The van der Waals surface area contributed by atoms with Crippen LogP contribution in [0.5, 0.6) is 0 Å². The summed E-state index contributed by atoms with van der Waals surface area (Å²) in [5.74, 6) is 0.278. The lowest BCUT2D eigenvalue weighted by atomic mass is 10.0. The molecule has 112 valence electrons. The van der Waals surface area contributed by atoms with Crippen molar-refractivity contribution in [3.63, 3.8) is 0 Å². The number of ether oxygens (including phenoxy) is 1. The summed E-state index contributed by atoms with van der Waals surface area (Å²) >= 11 is 0. The zero-order valence-electron chi connectivity index (χ0n) is 10.7. The SMILES string of the molecule is NC(CS(=O)c1cccc(C(F)(F)F)c1)C1CCOC1. The van der Waals surface area contributed by atoms with E-state index in [2.05, 4.69) is 0 Å². The monoisotopic (exact) mass is 307 g/mol. The van der Waals surface area contributed by atoms with E-state index in [1.54, 1.807) is 0 Å². The van der Waals surface area contributed by atoms with Crippen LogP contribution in [0.1, 0.15) is 12.0 Å². The third kappa shape index (κ3) is 3.80. The molecule has 2 rings (SSSR count). The van der Waals surface area contributed by atoms with Gasteiger partial charge in [0.1, 0.15) is 0 Å². The van der Waals surface area contributed by atoms with Crippen LogP contribution in [0, 0.1) is 5.92 Å². The van der Waals surface area contributed by atoms with Gasteiger partial charge in [0.2, 0.25) is 0 Å². The van der Waals surface area contributed by atoms with Crippen LogP contribution in [0.2, 0.25) is 0 Å². The Balaban J connectivity index is 2.05. The summed E-state index contributed by atoms with van der Waals surface area (Å²) in [4.78, 5) is 0.161. The number of alkyl halides is 3. The van der Waals surface area contributed by atoms with E-state index in [1.807, 2.05) is 0 Å². The predicted octanol–water partition coefficient (Wildman–Crippen LogP) is 2.18. The van der Waals surface area contributed by atoms with Crippen LogP contribution < -0.4 is 5.73 Å². The summed E-state index contributed by atoms with van der Waals surface area (Å²) in [6, 6.07) is 4.26. The van der Waals surface area contributed by atoms with Crippen LogP contribution in [0.15, 0.2) is 29.2 Å². The molecule has 3 nitrogen and oxygen atoms in total. The lowest BCUT2D eigenvalue weighted by molar-refractivity contribution is -0.137. The van der Waals surface area contributed by atoms with Gasteiger partial charge in [-0.2, -0.15) is 13.2 Å². The predicted molar refractivity (Wildman–Crippen MR) is 69.6 cm³/mol. The summed E-state index contributed by atoms with van der Waals surface area (Å²) in [5, 5.41) is 0. The Bertz CT molecular complexity index is 487. The van der Waals surface area contributed by atoms with Crippen LogP contribution in [0.25, 0.3) is 0 Å². The molecule has 1 aliphatic rings. The second-order valence-corrected chi connectivity index (χ2v) is 6.32. The third-order valence-corrected chi connectivity index (χ3v) is 4.81. The first-order valence-corrected chi connectivity index (χ1v) is 7.59. The van der Waals surface area contributed by atoms with E-state index >= 15 is 0 Å². The second-order valence-electron chi connectivity index (χ2n) is 4.83. The third-order valence-electron chi connectivity index (χ3n) is 3.34. The molecule has 1 aromatic rings. The van der Waals surface area contributed by atoms with Gasteiger partial charge in [-0.1, -0.05) is 6.07 Å². The normalized spacial score (nSPS) is 22.7. The quantitative estimate of drug-likeness (QED) is 0.927. The van der Waals surface area contributed by atoms with E-state index in [4.69, 9.17) is 10.5 Å². The zero-order valence-corrected chi connectivity index (χ0v) is 11.5. The molecule has 1 aliphatic heterocycles. The number of hydrogen-bond donors (Lipinski definition) is 1. The largest absolute Gasteiger partial charge is 0.416 e. The van der Waals surface area contributed by atoms with Crippen molar-refractivity contribution >= 4 is 10.8 Å². The van der Waals surface area contributed by atoms with Gasteiger partial charge in [-0.3, -0.25) is 4.21 Å². The fourth-order valence-electron chi connectivity index (χ4n) is 2.11. The fourth-order valence-corrected chi connectivity index (χ4v) is 3.41. The average molecular weight is 307 g/mol. The molecule has 0 radical (unpaired) electrons. The van der Waals surface area contributed by atoms with Crippen molar-refractivity contribution in [1.29, 1.82) is 0 Å². The second kappa shape index (κ2) is 6.24. The molecule has 1 heterocycles. The van der Waals surface area contributed by atoms with Gasteiger partial charge in [-0.15, -0.1) is 0 Å². The molecule has 0 bridgehead atoms. The minimum Gasteiger partial charge on any atom is -0.381 e. The molecule has 7 heteroatoms. The van der Waals surface area contributed by atoms with Gasteiger partial charge in [0.25, 0.3) is 0 Å². The molecule has 0 amide bonds. The zero-order chi connectivity index (χ0) is 14.8. The van der Waals surface area contributed by atoms with Gasteiger partial charge in [-0.05, 0) is 24.6 Å². The highest BCUT2D eigenvalue weighted by Crippen LogP contribution is 2.30. The molecule has 20 heavy (non-hydrogen) atoms. The van der Waals surface area contributed by atoms with Crippen LogP contribution in [0.3, 0.4) is 0 Å². The van der Waals surface area contributed by atoms with Gasteiger partial charge in [0, 0.05) is 29.2 Å². The Morgan fingerprint density at radius 1 is 1.45 bits per heavy atom. The minimum atomic E-state index is -4.43. The average Bonchev–Trinajstić information content (AvgIpc) is 2.91. The topological polar surface area (TPSA) is 52.3 Å². The fraction of sp³-hybridized carbons (Fsp3) is 0.538. The first kappa shape index (κ1) is 15.5. The van der Waals surface area contributed by atoms with E-state index in [-0.39, 0.29) is 22.6 Å². The van der Waals surface area contributed by atoms with Crippen molar-refractivity contribution in [2.24, 2.45) is 11.7 Å². The van der Waals surface area contributed by atoms with E-state index in [0.29, 0.717) is 13.2 Å². The standard InChI is InChI=1S/C13H16F3NO2S/c14-13(15,16)10-2-1-3-11(6-10)20(18)8-12(17)9-4-5-19-7-9/h1-3,6,9,12H,4-5,7-8,17H2. The van der Waals surface area contributed by atoms with E-state index in [1.165, 1.54) is 12.1 Å². The van der Waals surface area contributed by atoms with Crippen molar-refractivity contribution in [2.45, 2.75) is 23.5 Å². The van der Waals surface area contributed by atoms with Crippen molar-refractivity contribution < 1.29 is 22.1 Å². The molecule has 3 atom stereocenters. The number of hydrogen-bond acceptors (Lipinski definition) is 3. The first-order chi connectivity index (χ1) is 9.38. The highest BCUT2D eigenvalue weighted by molar-refractivity contribution is 7.85. The molecule has 2 N–H and O–H groups in total. The van der Waals surface area contributed by atoms with Crippen LogP contribution >= 0.6 is 0 Å². The van der Waals surface area contributed by atoms with Crippen LogP contribution in [0.4, 0.5) is 13.2 Å². The van der Waals surface area contributed by atoms with Crippen molar-refractivity contribution in [1.82, 2.24) is 0 Å². The summed E-state index contributed by atoms with van der Waals surface area (Å²) < 4.78 is 55.1. The van der Waals surface area contributed by atoms with E-state index < -0.39 is 22.5 Å². The molecule has 1 aromatic carbocycles. The van der Waals surface area contributed by atoms with Crippen LogP contribution in [-0.2, 0) is 21.7 Å². The van der Waals surface area contributed by atoms with Gasteiger partial charge in [0.15, 0.2) is 0 Å². The maximum absolute atomic E-state index is 12.6. The Morgan fingerprint density at radius 2 is 2.20 bits per heavy atom. The molecule has 3 unspecified atom stereocenters. The summed E-state index contributed by atoms with van der Waals surface area (Å²) in [5.41, 5.74) is 5.16. The number of nitrogens with two attached hydrogens (primary N) is 1. The molecule has 0 aromatic heterocycles. The minimum absolute atomic E-state index is 0.129. The molecular weight excluding hydrogens is 291 g/mol. The Labute approximate surface area is 117 Å². The maximum atomic E-state index is 12.6. The lowest BCUT2D eigenvalue weighted by Crippen LogP contribution is -2.35. The van der Waals surface area contributed by atoms with Gasteiger partial charge in [-0.25, -0.2) is 0 Å². The van der Waals surface area contributed by atoms with E-state index in [9.17, 15) is 17.4 Å². The molecule has 0 aliphatic carbocycles. The van der Waals surface area contributed by atoms with Crippen molar-refractivity contribution in [3.05, 3.63) is 29.8 Å². The Morgan fingerprint density at radius 3 is 2.80 bits per heavy atom. The van der Waals surface area contributed by atoms with Crippen molar-refractivity contribution in [3.8, 4) is 0 Å².